The van der Waals surface area contributed by atoms with E-state index in [1.54, 1.807) is 24.3 Å². The maximum absolute atomic E-state index is 11.0. The monoisotopic (exact) mass is 249 g/mol. The molecule has 0 unspecified atom stereocenters. The number of aliphatic imine (C=N–C) groups is 1. The van der Waals surface area contributed by atoms with Gasteiger partial charge in [0.2, 0.25) is 0 Å². The molecule has 5 heteroatoms. The van der Waals surface area contributed by atoms with Crippen molar-refractivity contribution in [3.8, 4) is 0 Å². The summed E-state index contributed by atoms with van der Waals surface area (Å²) in [5.41, 5.74) is 11.1. The number of hydrogen-bond donors (Lipinski definition) is 2. The van der Waals surface area contributed by atoms with Crippen LogP contribution >= 0.6 is 11.6 Å². The molecule has 0 fully saturated rings. The van der Waals surface area contributed by atoms with Gasteiger partial charge in [-0.05, 0) is 17.7 Å². The Morgan fingerprint density at radius 1 is 1.18 bits per heavy atom. The van der Waals surface area contributed by atoms with Gasteiger partial charge in [0.1, 0.15) is 0 Å². The predicted molar refractivity (Wildman–Crippen MR) is 70.4 cm³/mol. The van der Waals surface area contributed by atoms with Crippen LogP contribution in [0.1, 0.15) is 5.56 Å². The van der Waals surface area contributed by atoms with Crippen molar-refractivity contribution in [2.75, 3.05) is 0 Å². The summed E-state index contributed by atoms with van der Waals surface area (Å²) in [6.07, 6.45) is 6.37. The Morgan fingerprint density at radius 2 is 1.82 bits per heavy atom. The van der Waals surface area contributed by atoms with Gasteiger partial charge in [0.15, 0.2) is 5.96 Å². The molecule has 0 bridgehead atoms. The van der Waals surface area contributed by atoms with E-state index >= 15 is 0 Å². The smallest absolute Gasteiger partial charge is 0.272 e. The molecule has 1 aromatic rings. The molecule has 0 radical (unpaired) electrons. The van der Waals surface area contributed by atoms with Crippen LogP contribution in [0, 0.1) is 0 Å². The van der Waals surface area contributed by atoms with Crippen molar-refractivity contribution in [1.82, 2.24) is 0 Å². The number of guanidine groups is 1. The van der Waals surface area contributed by atoms with Gasteiger partial charge in [0.25, 0.3) is 5.91 Å². The normalized spacial score (nSPS) is 10.9. The predicted octanol–water partition coefficient (Wildman–Crippen LogP) is 1.71. The summed E-state index contributed by atoms with van der Waals surface area (Å²) in [6, 6.07) is 7.31. The minimum absolute atomic E-state index is 0.249. The number of carbonyl (C=O) groups excluding carboxylic acids is 1. The van der Waals surface area contributed by atoms with E-state index in [-0.39, 0.29) is 5.96 Å². The maximum Gasteiger partial charge on any atom is 0.272 e. The molecule has 17 heavy (non-hydrogen) atoms. The van der Waals surface area contributed by atoms with Gasteiger partial charge in [0, 0.05) is 11.1 Å². The van der Waals surface area contributed by atoms with E-state index in [1.807, 2.05) is 18.2 Å². The first-order valence-electron chi connectivity index (χ1n) is 4.82. The van der Waals surface area contributed by atoms with Crippen LogP contribution in [0.3, 0.4) is 0 Å². The zero-order chi connectivity index (χ0) is 12.7. The number of benzene rings is 1. The molecular formula is C12H12ClN3O. The molecule has 0 saturated heterocycles. The number of carbonyl (C=O) groups is 1. The summed E-state index contributed by atoms with van der Waals surface area (Å²) in [5, 5.41) is 0.681. The van der Waals surface area contributed by atoms with Crippen LogP contribution in [0.2, 0.25) is 5.02 Å². The average Bonchev–Trinajstić information content (AvgIpc) is 2.26. The molecule has 0 aliphatic rings. The SMILES string of the molecule is NC(N)=NC(=O)/C=C/C=C/c1ccc(Cl)cc1. The average molecular weight is 250 g/mol. The number of allylic oxidation sites excluding steroid dienone is 2. The van der Waals surface area contributed by atoms with Gasteiger partial charge >= 0.3 is 0 Å². The number of nitrogens with zero attached hydrogens (tertiary/aromatic N) is 1. The highest BCUT2D eigenvalue weighted by Crippen LogP contribution is 2.10. The minimum atomic E-state index is -0.495. The minimum Gasteiger partial charge on any atom is -0.370 e. The van der Waals surface area contributed by atoms with E-state index in [1.165, 1.54) is 6.08 Å². The summed E-state index contributed by atoms with van der Waals surface area (Å²) in [6.45, 7) is 0. The Labute approximate surface area is 104 Å². The molecule has 1 aromatic carbocycles. The fourth-order valence-electron chi connectivity index (χ4n) is 1.04. The van der Waals surface area contributed by atoms with Crippen molar-refractivity contribution in [2.24, 2.45) is 16.5 Å². The summed E-state index contributed by atoms with van der Waals surface area (Å²) in [7, 11) is 0. The Morgan fingerprint density at radius 3 is 2.41 bits per heavy atom. The molecule has 0 atom stereocenters. The number of halogens is 1. The maximum atomic E-state index is 11.0. The zero-order valence-electron chi connectivity index (χ0n) is 9.01. The van der Waals surface area contributed by atoms with E-state index in [2.05, 4.69) is 4.99 Å². The largest absolute Gasteiger partial charge is 0.370 e. The first-order chi connectivity index (χ1) is 8.08. The van der Waals surface area contributed by atoms with Gasteiger partial charge in [0.05, 0.1) is 0 Å². The fourth-order valence-corrected chi connectivity index (χ4v) is 1.17. The molecule has 4 nitrogen and oxygen atoms in total. The van der Waals surface area contributed by atoms with E-state index in [9.17, 15) is 4.79 Å². The lowest BCUT2D eigenvalue weighted by Gasteiger charge is -1.91. The second kappa shape index (κ2) is 6.50. The van der Waals surface area contributed by atoms with Crippen molar-refractivity contribution in [2.45, 2.75) is 0 Å². The lowest BCUT2D eigenvalue weighted by molar-refractivity contribution is -0.113. The number of hydrogen-bond acceptors (Lipinski definition) is 1. The van der Waals surface area contributed by atoms with Crippen molar-refractivity contribution in [1.29, 1.82) is 0 Å². The van der Waals surface area contributed by atoms with Crippen LogP contribution in [0.15, 0.2) is 47.5 Å². The third-order valence-electron chi connectivity index (χ3n) is 1.75. The van der Waals surface area contributed by atoms with Crippen LogP contribution in [0.5, 0.6) is 0 Å². The van der Waals surface area contributed by atoms with Gasteiger partial charge in [-0.2, -0.15) is 4.99 Å². The second-order valence-corrected chi connectivity index (χ2v) is 3.58. The molecule has 0 spiro atoms. The molecule has 0 aliphatic carbocycles. The standard InChI is InChI=1S/C12H12ClN3O/c13-10-7-5-9(6-8-10)3-1-2-4-11(17)16-12(14)15/h1-8H,(H4,14,15,16,17)/b3-1+,4-2+. The van der Waals surface area contributed by atoms with Gasteiger partial charge in [-0.15, -0.1) is 0 Å². The summed E-state index contributed by atoms with van der Waals surface area (Å²) in [4.78, 5) is 14.4. The van der Waals surface area contributed by atoms with Crippen LogP contribution in [0.25, 0.3) is 6.08 Å². The van der Waals surface area contributed by atoms with Crippen LogP contribution < -0.4 is 11.5 Å². The Bertz CT molecular complexity index is 471. The molecule has 1 rings (SSSR count). The number of nitrogens with two attached hydrogens (primary N) is 2. The van der Waals surface area contributed by atoms with Gasteiger partial charge in [-0.25, -0.2) is 0 Å². The third kappa shape index (κ3) is 5.53. The second-order valence-electron chi connectivity index (χ2n) is 3.14. The van der Waals surface area contributed by atoms with E-state index in [0.717, 1.165) is 5.56 Å². The molecule has 0 saturated carbocycles. The van der Waals surface area contributed by atoms with E-state index in [4.69, 9.17) is 23.1 Å². The van der Waals surface area contributed by atoms with Gasteiger partial charge in [-0.1, -0.05) is 42.0 Å². The number of amides is 1. The lowest BCUT2D eigenvalue weighted by atomic mass is 10.2. The highest BCUT2D eigenvalue weighted by atomic mass is 35.5. The van der Waals surface area contributed by atoms with Crippen molar-refractivity contribution in [3.63, 3.8) is 0 Å². The van der Waals surface area contributed by atoms with Gasteiger partial charge < -0.3 is 11.5 Å². The summed E-state index contributed by atoms with van der Waals surface area (Å²) < 4.78 is 0. The van der Waals surface area contributed by atoms with Crippen molar-refractivity contribution < 1.29 is 4.79 Å². The van der Waals surface area contributed by atoms with Crippen LogP contribution in [-0.4, -0.2) is 11.9 Å². The first kappa shape index (κ1) is 13.0. The number of rotatable bonds is 3. The highest BCUT2D eigenvalue weighted by Gasteiger charge is 1.90. The lowest BCUT2D eigenvalue weighted by Crippen LogP contribution is -2.23. The Kier molecular flexibility index (Phi) is 4.97. The van der Waals surface area contributed by atoms with Crippen LogP contribution in [0.4, 0.5) is 0 Å². The third-order valence-corrected chi connectivity index (χ3v) is 2.00. The Hall–Kier alpha value is -2.07. The fraction of sp³-hybridized carbons (Fsp3) is 0. The van der Waals surface area contributed by atoms with Gasteiger partial charge in [-0.3, -0.25) is 4.79 Å². The van der Waals surface area contributed by atoms with Crippen molar-refractivity contribution in [3.05, 3.63) is 53.1 Å². The van der Waals surface area contributed by atoms with Crippen LogP contribution in [-0.2, 0) is 4.79 Å². The van der Waals surface area contributed by atoms with E-state index in [0.29, 0.717) is 5.02 Å². The summed E-state index contributed by atoms with van der Waals surface area (Å²) in [5.74, 6) is -0.743. The summed E-state index contributed by atoms with van der Waals surface area (Å²) >= 11 is 5.74. The first-order valence-corrected chi connectivity index (χ1v) is 5.19. The molecule has 0 heterocycles. The topological polar surface area (TPSA) is 81.5 Å². The molecule has 88 valence electrons. The molecule has 0 aromatic heterocycles. The molecular weight excluding hydrogens is 238 g/mol. The van der Waals surface area contributed by atoms with E-state index < -0.39 is 5.91 Å². The molecule has 4 N–H and O–H groups in total. The molecule has 0 aliphatic heterocycles. The quantitative estimate of drug-likeness (QED) is 0.370. The molecule has 1 amide bonds. The van der Waals surface area contributed by atoms with Crippen molar-refractivity contribution >= 4 is 29.5 Å². The highest BCUT2D eigenvalue weighted by molar-refractivity contribution is 6.30. The Balaban J connectivity index is 2.56. The zero-order valence-corrected chi connectivity index (χ0v) is 9.76.